The topological polar surface area (TPSA) is 103 Å². The molecule has 0 aromatic carbocycles. The summed E-state index contributed by atoms with van der Waals surface area (Å²) in [4.78, 5) is 40.1. The van der Waals surface area contributed by atoms with E-state index in [0.717, 1.165) is 31.9 Å². The molecular formula is C17H17N7O2. The molecule has 0 unspecified atom stereocenters. The highest BCUT2D eigenvalue weighted by molar-refractivity contribution is 6.13. The van der Waals surface area contributed by atoms with Gasteiger partial charge in [0.15, 0.2) is 0 Å². The van der Waals surface area contributed by atoms with Crippen LogP contribution >= 0.6 is 0 Å². The lowest BCUT2D eigenvalue weighted by molar-refractivity contribution is -0.115. The van der Waals surface area contributed by atoms with Crippen LogP contribution in [0.4, 0.5) is 16.4 Å². The quantitative estimate of drug-likeness (QED) is 0.608. The summed E-state index contributed by atoms with van der Waals surface area (Å²) in [5.41, 5.74) is 1.91. The number of pyridine rings is 1. The zero-order chi connectivity index (χ0) is 17.9. The second-order valence-electron chi connectivity index (χ2n) is 5.93. The minimum atomic E-state index is -0.525. The Bertz CT molecular complexity index is 860. The van der Waals surface area contributed by atoms with E-state index in [-0.39, 0.29) is 5.70 Å². The van der Waals surface area contributed by atoms with E-state index >= 15 is 0 Å². The first-order valence-corrected chi connectivity index (χ1v) is 8.26. The number of aromatic nitrogens is 3. The monoisotopic (exact) mass is 351 g/mol. The lowest BCUT2D eigenvalue weighted by Crippen LogP contribution is -2.47. The van der Waals surface area contributed by atoms with Gasteiger partial charge in [-0.3, -0.25) is 15.1 Å². The van der Waals surface area contributed by atoms with Gasteiger partial charge in [-0.2, -0.15) is 0 Å². The van der Waals surface area contributed by atoms with Crippen molar-refractivity contribution in [1.82, 2.24) is 25.6 Å². The van der Waals surface area contributed by atoms with Crippen molar-refractivity contribution in [1.29, 1.82) is 0 Å². The number of amides is 3. The predicted octanol–water partition coefficient (Wildman–Crippen LogP) is 0.378. The van der Waals surface area contributed by atoms with E-state index in [1.165, 1.54) is 0 Å². The summed E-state index contributed by atoms with van der Waals surface area (Å²) in [5, 5.41) is 4.62. The van der Waals surface area contributed by atoms with E-state index in [9.17, 15) is 9.59 Å². The minimum absolute atomic E-state index is 0.183. The Morgan fingerprint density at radius 3 is 2.35 bits per heavy atom. The Morgan fingerprint density at radius 2 is 1.65 bits per heavy atom. The highest BCUT2D eigenvalue weighted by atomic mass is 16.2. The second kappa shape index (κ2) is 6.79. The van der Waals surface area contributed by atoms with Crippen molar-refractivity contribution < 1.29 is 9.59 Å². The van der Waals surface area contributed by atoms with Crippen LogP contribution in [0, 0.1) is 0 Å². The van der Waals surface area contributed by atoms with Gasteiger partial charge in [0.25, 0.3) is 5.91 Å². The fourth-order valence-corrected chi connectivity index (χ4v) is 2.94. The number of piperazine rings is 1. The third-order valence-electron chi connectivity index (χ3n) is 4.27. The van der Waals surface area contributed by atoms with Gasteiger partial charge in [0.1, 0.15) is 5.70 Å². The predicted molar refractivity (Wildman–Crippen MR) is 95.3 cm³/mol. The molecule has 0 atom stereocenters. The van der Waals surface area contributed by atoms with Crippen LogP contribution in [-0.4, -0.2) is 53.1 Å². The Labute approximate surface area is 149 Å². The fourth-order valence-electron chi connectivity index (χ4n) is 2.94. The van der Waals surface area contributed by atoms with Crippen molar-refractivity contribution in [3.05, 3.63) is 48.2 Å². The van der Waals surface area contributed by atoms with E-state index < -0.39 is 11.9 Å². The molecule has 26 heavy (non-hydrogen) atoms. The number of carbonyl (C=O) groups is 2. The van der Waals surface area contributed by atoms with Gasteiger partial charge in [0, 0.05) is 50.5 Å². The largest absolute Gasteiger partial charge is 0.368 e. The number of nitrogens with one attached hydrogen (secondary N) is 2. The van der Waals surface area contributed by atoms with Crippen LogP contribution in [0.1, 0.15) is 5.69 Å². The SMILES string of the molecule is O=C1NC(=O)/C(=C\c2ccnc(N3CCN(c4ccncc4)CC3)n2)N1. The van der Waals surface area contributed by atoms with Gasteiger partial charge < -0.3 is 15.1 Å². The molecule has 4 heterocycles. The molecule has 132 valence electrons. The highest BCUT2D eigenvalue weighted by Crippen LogP contribution is 2.18. The average Bonchev–Trinajstić information content (AvgIpc) is 3.00. The lowest BCUT2D eigenvalue weighted by atomic mass is 10.2. The molecule has 2 aromatic heterocycles. The molecule has 0 bridgehead atoms. The molecule has 2 aromatic rings. The van der Waals surface area contributed by atoms with Crippen LogP contribution in [0.25, 0.3) is 6.08 Å². The molecule has 9 heteroatoms. The number of rotatable bonds is 3. The molecule has 3 amide bonds. The fraction of sp³-hybridized carbons (Fsp3) is 0.235. The third kappa shape index (κ3) is 3.32. The average molecular weight is 351 g/mol. The molecule has 0 saturated carbocycles. The molecule has 0 spiro atoms. The van der Waals surface area contributed by atoms with Crippen LogP contribution in [0.5, 0.6) is 0 Å². The number of nitrogens with zero attached hydrogens (tertiary/aromatic N) is 5. The number of hydrogen-bond donors (Lipinski definition) is 2. The smallest absolute Gasteiger partial charge is 0.326 e. The van der Waals surface area contributed by atoms with Crippen LogP contribution in [0.2, 0.25) is 0 Å². The van der Waals surface area contributed by atoms with Gasteiger partial charge in [-0.1, -0.05) is 0 Å². The summed E-state index contributed by atoms with van der Waals surface area (Å²) in [7, 11) is 0. The maximum Gasteiger partial charge on any atom is 0.326 e. The van der Waals surface area contributed by atoms with Gasteiger partial charge >= 0.3 is 6.03 Å². The Morgan fingerprint density at radius 1 is 0.923 bits per heavy atom. The summed E-state index contributed by atoms with van der Waals surface area (Å²) >= 11 is 0. The van der Waals surface area contributed by atoms with Crippen molar-refractivity contribution in [2.75, 3.05) is 36.0 Å². The molecule has 2 aliphatic rings. The third-order valence-corrected chi connectivity index (χ3v) is 4.27. The first kappa shape index (κ1) is 16.0. The summed E-state index contributed by atoms with van der Waals surface area (Å²) < 4.78 is 0. The van der Waals surface area contributed by atoms with Gasteiger partial charge in [-0.25, -0.2) is 14.8 Å². The van der Waals surface area contributed by atoms with Crippen LogP contribution < -0.4 is 20.4 Å². The van der Waals surface area contributed by atoms with Gasteiger partial charge in [0.2, 0.25) is 5.95 Å². The Kier molecular flexibility index (Phi) is 4.18. The van der Waals surface area contributed by atoms with E-state index in [4.69, 9.17) is 0 Å². The molecule has 2 aliphatic heterocycles. The Hall–Kier alpha value is -3.49. The van der Waals surface area contributed by atoms with Crippen LogP contribution in [-0.2, 0) is 4.79 Å². The molecule has 0 radical (unpaired) electrons. The summed E-state index contributed by atoms with van der Waals surface area (Å²) in [6.07, 6.45) is 6.77. The number of urea groups is 1. The van der Waals surface area contributed by atoms with Crippen molar-refractivity contribution in [3.63, 3.8) is 0 Å². The first-order valence-electron chi connectivity index (χ1n) is 8.26. The highest BCUT2D eigenvalue weighted by Gasteiger charge is 2.23. The first-order chi connectivity index (χ1) is 12.7. The van der Waals surface area contributed by atoms with Crippen molar-refractivity contribution in [3.8, 4) is 0 Å². The van der Waals surface area contributed by atoms with E-state index in [2.05, 4.69) is 35.4 Å². The lowest BCUT2D eigenvalue weighted by Gasteiger charge is -2.36. The number of carbonyl (C=O) groups excluding carboxylic acids is 2. The van der Waals surface area contributed by atoms with Crippen molar-refractivity contribution in [2.45, 2.75) is 0 Å². The maximum absolute atomic E-state index is 11.6. The summed E-state index contributed by atoms with van der Waals surface area (Å²) in [6.45, 7) is 3.30. The summed E-state index contributed by atoms with van der Waals surface area (Å²) in [5.74, 6) is 0.152. The number of anilines is 2. The van der Waals surface area contributed by atoms with E-state index in [1.54, 1.807) is 30.7 Å². The molecule has 2 fully saturated rings. The van der Waals surface area contributed by atoms with Gasteiger partial charge in [-0.05, 0) is 24.3 Å². The van der Waals surface area contributed by atoms with Crippen LogP contribution in [0.3, 0.4) is 0 Å². The van der Waals surface area contributed by atoms with Crippen molar-refractivity contribution >= 4 is 29.7 Å². The zero-order valence-electron chi connectivity index (χ0n) is 13.9. The van der Waals surface area contributed by atoms with E-state index in [0.29, 0.717) is 11.6 Å². The molecule has 9 nitrogen and oxygen atoms in total. The van der Waals surface area contributed by atoms with Crippen molar-refractivity contribution in [2.24, 2.45) is 0 Å². The summed E-state index contributed by atoms with van der Waals surface area (Å²) in [6, 6.07) is 5.17. The molecular weight excluding hydrogens is 334 g/mol. The molecule has 2 saturated heterocycles. The maximum atomic E-state index is 11.6. The number of hydrogen-bond acceptors (Lipinski definition) is 7. The standard InChI is InChI=1S/C17H17N7O2/c25-15-14(21-17(26)22-15)11-12-1-6-19-16(20-12)24-9-7-23(8-10-24)13-2-4-18-5-3-13/h1-6,11H,7-10H2,(H2,21,22,25,26)/b14-11+. The van der Waals surface area contributed by atoms with E-state index in [1.807, 2.05) is 12.1 Å². The van der Waals surface area contributed by atoms with Crippen LogP contribution in [0.15, 0.2) is 42.5 Å². The Balaban J connectivity index is 1.45. The minimum Gasteiger partial charge on any atom is -0.368 e. The second-order valence-corrected chi connectivity index (χ2v) is 5.93. The molecule has 2 N–H and O–H groups in total. The normalized spacial score (nSPS) is 18.8. The van der Waals surface area contributed by atoms with Gasteiger partial charge in [-0.15, -0.1) is 0 Å². The number of imide groups is 1. The molecule has 4 rings (SSSR count). The zero-order valence-corrected chi connectivity index (χ0v) is 13.9. The molecule has 0 aliphatic carbocycles. The van der Waals surface area contributed by atoms with Gasteiger partial charge in [0.05, 0.1) is 5.69 Å².